The van der Waals surface area contributed by atoms with Gasteiger partial charge in [-0.1, -0.05) is 0 Å². The van der Waals surface area contributed by atoms with Crippen molar-refractivity contribution in [1.82, 2.24) is 9.55 Å². The van der Waals surface area contributed by atoms with Crippen LogP contribution >= 0.6 is 0 Å². The molecular formula is C14H17N3O. The largest absolute Gasteiger partial charge is 0.371 e. The van der Waals surface area contributed by atoms with Gasteiger partial charge in [-0.15, -0.1) is 0 Å². The molecule has 0 radical (unpaired) electrons. The molecule has 1 fully saturated rings. The van der Waals surface area contributed by atoms with Gasteiger partial charge in [-0.25, -0.2) is 4.98 Å². The molecule has 18 heavy (non-hydrogen) atoms. The van der Waals surface area contributed by atoms with Gasteiger partial charge in [0.1, 0.15) is 5.65 Å². The minimum Gasteiger partial charge on any atom is -0.371 e. The second kappa shape index (κ2) is 4.44. The zero-order valence-electron chi connectivity index (χ0n) is 10.6. The molecule has 1 saturated heterocycles. The van der Waals surface area contributed by atoms with Crippen molar-refractivity contribution >= 4 is 23.0 Å². The number of piperidine rings is 1. The second-order valence-corrected chi connectivity index (χ2v) is 4.89. The maximum absolute atomic E-state index is 11.2. The highest BCUT2D eigenvalue weighted by Gasteiger charge is 2.17. The summed E-state index contributed by atoms with van der Waals surface area (Å²) in [5, 5.41) is 0.997. The van der Waals surface area contributed by atoms with E-state index >= 15 is 0 Å². The third-order valence-electron chi connectivity index (χ3n) is 3.69. The molecule has 2 aromatic heterocycles. The normalized spacial score (nSPS) is 16.2. The lowest BCUT2D eigenvalue weighted by atomic mass is 10.1. The Morgan fingerprint density at radius 3 is 2.78 bits per heavy atom. The highest BCUT2D eigenvalue weighted by atomic mass is 16.1. The summed E-state index contributed by atoms with van der Waals surface area (Å²) >= 11 is 0. The number of fused-ring (bicyclic) bond motifs is 1. The van der Waals surface area contributed by atoms with Gasteiger partial charge in [-0.2, -0.15) is 0 Å². The summed E-state index contributed by atoms with van der Waals surface area (Å²) < 4.78 is 1.92. The SMILES string of the molecule is Cn1cc(C=O)c2c(N3CCCCC3)ccnc21. The van der Waals surface area contributed by atoms with Gasteiger partial charge in [-0.3, -0.25) is 4.79 Å². The molecule has 0 aromatic carbocycles. The molecule has 3 rings (SSSR count). The molecule has 1 aliphatic rings. The highest BCUT2D eigenvalue weighted by Crippen LogP contribution is 2.30. The van der Waals surface area contributed by atoms with Crippen LogP contribution in [0.2, 0.25) is 0 Å². The van der Waals surface area contributed by atoms with Gasteiger partial charge in [0.2, 0.25) is 0 Å². The molecule has 0 atom stereocenters. The van der Waals surface area contributed by atoms with E-state index in [2.05, 4.69) is 9.88 Å². The Balaban J connectivity index is 2.18. The number of aldehydes is 1. The first kappa shape index (κ1) is 11.3. The Hall–Kier alpha value is -1.84. The number of hydrogen-bond donors (Lipinski definition) is 0. The molecule has 0 saturated carbocycles. The first-order valence-electron chi connectivity index (χ1n) is 6.45. The summed E-state index contributed by atoms with van der Waals surface area (Å²) in [6, 6.07) is 2.03. The van der Waals surface area contributed by atoms with E-state index in [9.17, 15) is 4.79 Å². The smallest absolute Gasteiger partial charge is 0.152 e. The lowest BCUT2D eigenvalue weighted by molar-refractivity contribution is 0.112. The van der Waals surface area contributed by atoms with Crippen molar-refractivity contribution in [3.63, 3.8) is 0 Å². The van der Waals surface area contributed by atoms with Gasteiger partial charge in [0.15, 0.2) is 6.29 Å². The summed E-state index contributed by atoms with van der Waals surface area (Å²) in [6.45, 7) is 2.15. The van der Waals surface area contributed by atoms with Crippen LogP contribution in [0.25, 0.3) is 11.0 Å². The Bertz CT molecular complexity index is 582. The third-order valence-corrected chi connectivity index (χ3v) is 3.69. The predicted octanol–water partition coefficient (Wildman–Crippen LogP) is 2.38. The molecule has 0 N–H and O–H groups in total. The summed E-state index contributed by atoms with van der Waals surface area (Å²) in [5.74, 6) is 0. The lowest BCUT2D eigenvalue weighted by Gasteiger charge is -2.29. The summed E-state index contributed by atoms with van der Waals surface area (Å²) in [4.78, 5) is 18.0. The van der Waals surface area contributed by atoms with Gasteiger partial charge in [0, 0.05) is 38.1 Å². The number of aryl methyl sites for hydroxylation is 1. The highest BCUT2D eigenvalue weighted by molar-refractivity contribution is 6.03. The summed E-state index contributed by atoms with van der Waals surface area (Å²) in [6.07, 6.45) is 8.39. The van der Waals surface area contributed by atoms with Crippen molar-refractivity contribution < 1.29 is 4.79 Å². The van der Waals surface area contributed by atoms with Gasteiger partial charge in [-0.05, 0) is 25.3 Å². The Morgan fingerprint density at radius 2 is 2.06 bits per heavy atom. The van der Waals surface area contributed by atoms with E-state index in [-0.39, 0.29) is 0 Å². The van der Waals surface area contributed by atoms with E-state index in [0.717, 1.165) is 41.7 Å². The fourth-order valence-corrected chi connectivity index (χ4v) is 2.81. The first-order chi connectivity index (χ1) is 8.81. The predicted molar refractivity (Wildman–Crippen MR) is 72.2 cm³/mol. The summed E-state index contributed by atoms with van der Waals surface area (Å²) in [7, 11) is 1.93. The molecule has 3 heterocycles. The van der Waals surface area contributed by atoms with E-state index in [1.54, 1.807) is 0 Å². The number of carbonyl (C=O) groups excluding carboxylic acids is 1. The average molecular weight is 243 g/mol. The van der Waals surface area contributed by atoms with Crippen LogP contribution in [0.15, 0.2) is 18.5 Å². The number of carbonyl (C=O) groups is 1. The zero-order valence-corrected chi connectivity index (χ0v) is 10.6. The molecule has 0 bridgehead atoms. The maximum Gasteiger partial charge on any atom is 0.152 e. The van der Waals surface area contributed by atoms with Crippen LogP contribution in [0.3, 0.4) is 0 Å². The minimum atomic E-state index is 0.737. The lowest BCUT2D eigenvalue weighted by Crippen LogP contribution is -2.29. The van der Waals surface area contributed by atoms with E-state index in [1.807, 2.05) is 30.1 Å². The van der Waals surface area contributed by atoms with Gasteiger partial charge in [0.25, 0.3) is 0 Å². The fourth-order valence-electron chi connectivity index (χ4n) is 2.81. The van der Waals surface area contributed by atoms with Crippen molar-refractivity contribution in [3.8, 4) is 0 Å². The standard InChI is InChI=1S/C14H17N3O/c1-16-9-11(10-18)13-12(5-6-15-14(13)16)17-7-3-2-4-8-17/h5-6,9-10H,2-4,7-8H2,1H3. The van der Waals surface area contributed by atoms with Crippen LogP contribution in [0.1, 0.15) is 29.6 Å². The van der Waals surface area contributed by atoms with Crippen LogP contribution in [-0.2, 0) is 7.05 Å². The molecule has 0 unspecified atom stereocenters. The number of rotatable bonds is 2. The van der Waals surface area contributed by atoms with E-state index < -0.39 is 0 Å². The molecular weight excluding hydrogens is 226 g/mol. The number of pyridine rings is 1. The topological polar surface area (TPSA) is 38.1 Å². The van der Waals surface area contributed by atoms with Crippen molar-refractivity contribution in [1.29, 1.82) is 0 Å². The quantitative estimate of drug-likeness (QED) is 0.760. The van der Waals surface area contributed by atoms with Gasteiger partial charge in [0.05, 0.1) is 11.1 Å². The molecule has 4 nitrogen and oxygen atoms in total. The average Bonchev–Trinajstić information content (AvgIpc) is 2.77. The van der Waals surface area contributed by atoms with E-state index in [0.29, 0.717) is 0 Å². The van der Waals surface area contributed by atoms with Crippen LogP contribution in [-0.4, -0.2) is 28.9 Å². The number of hydrogen-bond acceptors (Lipinski definition) is 3. The molecule has 0 aliphatic carbocycles. The second-order valence-electron chi connectivity index (χ2n) is 4.89. The van der Waals surface area contributed by atoms with Crippen molar-refractivity contribution in [2.24, 2.45) is 7.05 Å². The summed E-state index contributed by atoms with van der Waals surface area (Å²) in [5.41, 5.74) is 2.78. The van der Waals surface area contributed by atoms with Crippen LogP contribution in [0, 0.1) is 0 Å². The number of nitrogens with zero attached hydrogens (tertiary/aromatic N) is 3. The Labute approximate surface area is 106 Å². The Morgan fingerprint density at radius 1 is 1.28 bits per heavy atom. The number of anilines is 1. The first-order valence-corrected chi connectivity index (χ1v) is 6.45. The maximum atomic E-state index is 11.2. The Kier molecular flexibility index (Phi) is 2.78. The van der Waals surface area contributed by atoms with Crippen LogP contribution in [0.4, 0.5) is 5.69 Å². The van der Waals surface area contributed by atoms with E-state index in [1.165, 1.54) is 19.3 Å². The van der Waals surface area contributed by atoms with Crippen molar-refractivity contribution in [3.05, 3.63) is 24.0 Å². The monoisotopic (exact) mass is 243 g/mol. The van der Waals surface area contributed by atoms with Crippen LogP contribution < -0.4 is 4.90 Å². The zero-order chi connectivity index (χ0) is 12.5. The molecule has 4 heteroatoms. The van der Waals surface area contributed by atoms with Gasteiger partial charge >= 0.3 is 0 Å². The van der Waals surface area contributed by atoms with Gasteiger partial charge < -0.3 is 9.47 Å². The van der Waals surface area contributed by atoms with E-state index in [4.69, 9.17) is 0 Å². The van der Waals surface area contributed by atoms with Crippen LogP contribution in [0.5, 0.6) is 0 Å². The number of aromatic nitrogens is 2. The minimum absolute atomic E-state index is 0.737. The molecule has 2 aromatic rings. The molecule has 94 valence electrons. The molecule has 0 amide bonds. The molecule has 1 aliphatic heterocycles. The van der Waals surface area contributed by atoms with Crippen molar-refractivity contribution in [2.45, 2.75) is 19.3 Å². The molecule has 0 spiro atoms. The third kappa shape index (κ3) is 1.68. The fraction of sp³-hybridized carbons (Fsp3) is 0.429. The van der Waals surface area contributed by atoms with Crippen molar-refractivity contribution in [2.75, 3.05) is 18.0 Å².